The van der Waals surface area contributed by atoms with Gasteiger partial charge in [-0.15, -0.1) is 0 Å². The molecule has 0 radical (unpaired) electrons. The minimum atomic E-state index is -1.09. The van der Waals surface area contributed by atoms with Gasteiger partial charge in [0, 0.05) is 32.7 Å². The van der Waals surface area contributed by atoms with Crippen molar-refractivity contribution in [3.63, 3.8) is 0 Å². The van der Waals surface area contributed by atoms with Gasteiger partial charge in [0.25, 0.3) is 0 Å². The SMILES string of the molecule is O=C(O)c1ccc(N2CCN(CC3CC3)CC2)c(F)c1. The summed E-state index contributed by atoms with van der Waals surface area (Å²) in [5, 5.41) is 8.85. The van der Waals surface area contributed by atoms with Crippen molar-refractivity contribution in [2.75, 3.05) is 37.6 Å². The zero-order valence-electron chi connectivity index (χ0n) is 11.4. The van der Waals surface area contributed by atoms with Crippen molar-refractivity contribution in [3.8, 4) is 0 Å². The molecule has 108 valence electrons. The molecule has 4 nitrogen and oxygen atoms in total. The first-order chi connectivity index (χ1) is 9.63. The van der Waals surface area contributed by atoms with Crippen LogP contribution in [0.1, 0.15) is 23.2 Å². The molecule has 1 aromatic carbocycles. The predicted octanol–water partition coefficient (Wildman–Crippen LogP) is 2.06. The van der Waals surface area contributed by atoms with Crippen LogP contribution >= 0.6 is 0 Å². The van der Waals surface area contributed by atoms with Crippen LogP contribution in [0, 0.1) is 11.7 Å². The number of halogens is 1. The standard InChI is InChI=1S/C15H19FN2O2/c16-13-9-12(15(19)20)3-4-14(13)18-7-5-17(6-8-18)10-11-1-2-11/h3-4,9,11H,1-2,5-8,10H2,(H,19,20). The molecule has 20 heavy (non-hydrogen) atoms. The molecule has 0 spiro atoms. The van der Waals surface area contributed by atoms with E-state index in [1.54, 1.807) is 6.07 Å². The molecule has 3 rings (SSSR count). The third-order valence-corrected chi connectivity index (χ3v) is 4.12. The van der Waals surface area contributed by atoms with Crippen molar-refractivity contribution in [2.45, 2.75) is 12.8 Å². The maximum absolute atomic E-state index is 14.0. The van der Waals surface area contributed by atoms with Gasteiger partial charge in [0.2, 0.25) is 0 Å². The summed E-state index contributed by atoms with van der Waals surface area (Å²) in [7, 11) is 0. The summed E-state index contributed by atoms with van der Waals surface area (Å²) in [5.74, 6) is -0.654. The van der Waals surface area contributed by atoms with Gasteiger partial charge < -0.3 is 10.0 Å². The molecule has 1 saturated carbocycles. The van der Waals surface area contributed by atoms with E-state index in [1.165, 1.54) is 25.5 Å². The zero-order chi connectivity index (χ0) is 14.1. The van der Waals surface area contributed by atoms with Crippen LogP contribution in [0.5, 0.6) is 0 Å². The molecule has 0 unspecified atom stereocenters. The van der Waals surface area contributed by atoms with Crippen molar-refractivity contribution < 1.29 is 14.3 Å². The van der Waals surface area contributed by atoms with Gasteiger partial charge in [0.15, 0.2) is 0 Å². The lowest BCUT2D eigenvalue weighted by atomic mass is 10.1. The number of hydrogen-bond donors (Lipinski definition) is 1. The Morgan fingerprint density at radius 3 is 2.50 bits per heavy atom. The summed E-state index contributed by atoms with van der Waals surface area (Å²) >= 11 is 0. The minimum Gasteiger partial charge on any atom is -0.478 e. The number of benzene rings is 1. The molecular formula is C15H19FN2O2. The molecule has 0 amide bonds. The van der Waals surface area contributed by atoms with Crippen LogP contribution in [0.2, 0.25) is 0 Å². The van der Waals surface area contributed by atoms with Crippen molar-refractivity contribution in [3.05, 3.63) is 29.6 Å². The fourth-order valence-electron chi connectivity index (χ4n) is 2.73. The highest BCUT2D eigenvalue weighted by molar-refractivity contribution is 5.88. The van der Waals surface area contributed by atoms with Crippen LogP contribution in [0.25, 0.3) is 0 Å². The van der Waals surface area contributed by atoms with Gasteiger partial charge in [0.1, 0.15) is 5.82 Å². The molecule has 1 saturated heterocycles. The fourth-order valence-corrected chi connectivity index (χ4v) is 2.73. The molecule has 1 aromatic rings. The lowest BCUT2D eigenvalue weighted by molar-refractivity contribution is 0.0696. The van der Waals surface area contributed by atoms with Crippen LogP contribution in [0.15, 0.2) is 18.2 Å². The summed E-state index contributed by atoms with van der Waals surface area (Å²) in [5.41, 5.74) is 0.514. The molecule has 1 aliphatic heterocycles. The van der Waals surface area contributed by atoms with E-state index in [9.17, 15) is 9.18 Å². The van der Waals surface area contributed by atoms with Gasteiger partial charge in [-0.2, -0.15) is 0 Å². The number of rotatable bonds is 4. The van der Waals surface area contributed by atoms with E-state index in [1.807, 2.05) is 4.90 Å². The number of piperazine rings is 1. The normalized spacial score (nSPS) is 20.1. The average molecular weight is 278 g/mol. The predicted molar refractivity (Wildman–Crippen MR) is 74.7 cm³/mol. The molecule has 0 atom stereocenters. The first-order valence-electron chi connectivity index (χ1n) is 7.13. The van der Waals surface area contributed by atoms with Crippen LogP contribution in [-0.4, -0.2) is 48.7 Å². The minimum absolute atomic E-state index is 0.00128. The summed E-state index contributed by atoms with van der Waals surface area (Å²) in [6.45, 7) is 4.69. The Balaban J connectivity index is 1.63. The highest BCUT2D eigenvalue weighted by atomic mass is 19.1. The molecule has 2 aliphatic rings. The van der Waals surface area contributed by atoms with Crippen LogP contribution < -0.4 is 4.90 Å². The third kappa shape index (κ3) is 2.93. The first kappa shape index (κ1) is 13.4. The number of hydrogen-bond acceptors (Lipinski definition) is 3. The highest BCUT2D eigenvalue weighted by Crippen LogP contribution is 2.30. The smallest absolute Gasteiger partial charge is 0.335 e. The second-order valence-corrected chi connectivity index (χ2v) is 5.70. The van der Waals surface area contributed by atoms with Crippen molar-refractivity contribution >= 4 is 11.7 Å². The third-order valence-electron chi connectivity index (χ3n) is 4.12. The van der Waals surface area contributed by atoms with E-state index >= 15 is 0 Å². The second kappa shape index (κ2) is 5.40. The maximum Gasteiger partial charge on any atom is 0.335 e. The van der Waals surface area contributed by atoms with Gasteiger partial charge in [-0.05, 0) is 37.0 Å². The Morgan fingerprint density at radius 1 is 1.25 bits per heavy atom. The fraction of sp³-hybridized carbons (Fsp3) is 0.533. The van der Waals surface area contributed by atoms with Gasteiger partial charge in [-0.1, -0.05) is 0 Å². The Hall–Kier alpha value is -1.62. The van der Waals surface area contributed by atoms with Crippen LogP contribution in [0.4, 0.5) is 10.1 Å². The molecule has 1 aliphatic carbocycles. The van der Waals surface area contributed by atoms with Gasteiger partial charge in [-0.25, -0.2) is 9.18 Å². The summed E-state index contributed by atoms with van der Waals surface area (Å²) < 4.78 is 14.0. The lowest BCUT2D eigenvalue weighted by Gasteiger charge is -2.36. The molecule has 5 heteroatoms. The largest absolute Gasteiger partial charge is 0.478 e. The number of carboxylic acids is 1. The summed E-state index contributed by atoms with van der Waals surface area (Å²) in [4.78, 5) is 15.3. The first-order valence-corrected chi connectivity index (χ1v) is 7.13. The highest BCUT2D eigenvalue weighted by Gasteiger charge is 2.27. The van der Waals surface area contributed by atoms with E-state index in [-0.39, 0.29) is 5.56 Å². The zero-order valence-corrected chi connectivity index (χ0v) is 11.4. The second-order valence-electron chi connectivity index (χ2n) is 5.70. The van der Waals surface area contributed by atoms with Gasteiger partial charge >= 0.3 is 5.97 Å². The molecule has 0 bridgehead atoms. The van der Waals surface area contributed by atoms with Crippen LogP contribution in [-0.2, 0) is 0 Å². The monoisotopic (exact) mass is 278 g/mol. The Bertz CT molecular complexity index is 509. The van der Waals surface area contributed by atoms with E-state index in [0.717, 1.165) is 38.2 Å². The Labute approximate surface area is 117 Å². The number of nitrogens with zero attached hydrogens (tertiary/aromatic N) is 2. The number of carbonyl (C=O) groups is 1. The maximum atomic E-state index is 14.0. The van der Waals surface area contributed by atoms with E-state index in [2.05, 4.69) is 4.90 Å². The van der Waals surface area contributed by atoms with E-state index in [0.29, 0.717) is 5.69 Å². The Kier molecular flexibility index (Phi) is 3.61. The van der Waals surface area contributed by atoms with E-state index < -0.39 is 11.8 Å². The molecule has 2 fully saturated rings. The molecule has 1 N–H and O–H groups in total. The van der Waals surface area contributed by atoms with Crippen molar-refractivity contribution in [2.24, 2.45) is 5.92 Å². The topological polar surface area (TPSA) is 43.8 Å². The van der Waals surface area contributed by atoms with Gasteiger partial charge in [-0.3, -0.25) is 4.90 Å². The number of anilines is 1. The molecule has 1 heterocycles. The molecule has 0 aromatic heterocycles. The number of aromatic carboxylic acids is 1. The number of carboxylic acid groups (broad SMARTS) is 1. The van der Waals surface area contributed by atoms with Crippen LogP contribution in [0.3, 0.4) is 0 Å². The van der Waals surface area contributed by atoms with E-state index in [4.69, 9.17) is 5.11 Å². The molecular weight excluding hydrogens is 259 g/mol. The van der Waals surface area contributed by atoms with Crippen molar-refractivity contribution in [1.82, 2.24) is 4.90 Å². The average Bonchev–Trinajstić information content (AvgIpc) is 3.24. The Morgan fingerprint density at radius 2 is 1.95 bits per heavy atom. The van der Waals surface area contributed by atoms with Crippen molar-refractivity contribution in [1.29, 1.82) is 0 Å². The summed E-state index contributed by atoms with van der Waals surface area (Å²) in [6.07, 6.45) is 2.71. The van der Waals surface area contributed by atoms with Gasteiger partial charge in [0.05, 0.1) is 11.3 Å². The quantitative estimate of drug-likeness (QED) is 0.915. The summed E-state index contributed by atoms with van der Waals surface area (Å²) in [6, 6.07) is 4.15. The lowest BCUT2D eigenvalue weighted by Crippen LogP contribution is -2.47.